The van der Waals surface area contributed by atoms with E-state index in [1.165, 1.54) is 0 Å². The number of carbonyl (C=O) groups is 1. The Hall–Kier alpha value is -3.22. The van der Waals surface area contributed by atoms with Gasteiger partial charge in [-0.15, -0.1) is 0 Å². The Bertz CT molecular complexity index is 977. The second-order valence-corrected chi connectivity index (χ2v) is 6.51. The van der Waals surface area contributed by atoms with Crippen molar-refractivity contribution in [3.8, 4) is 11.7 Å². The fourth-order valence-corrected chi connectivity index (χ4v) is 2.85. The van der Waals surface area contributed by atoms with Crippen LogP contribution in [0.2, 0.25) is 0 Å². The summed E-state index contributed by atoms with van der Waals surface area (Å²) >= 11 is 0. The van der Waals surface area contributed by atoms with E-state index in [0.29, 0.717) is 11.6 Å². The van der Waals surface area contributed by atoms with Crippen molar-refractivity contribution in [2.24, 2.45) is 0 Å². The fourth-order valence-electron chi connectivity index (χ4n) is 2.85. The van der Waals surface area contributed by atoms with Crippen molar-refractivity contribution in [3.63, 3.8) is 0 Å². The zero-order chi connectivity index (χ0) is 19.6. The van der Waals surface area contributed by atoms with E-state index in [-0.39, 0.29) is 12.3 Å². The molecule has 0 aliphatic carbocycles. The summed E-state index contributed by atoms with van der Waals surface area (Å²) in [5.41, 5.74) is 5.53. The SMILES string of the molecule is COc1ccc(CC(=O)Nc2cnc(-n3nc(C)c(C)c3C)nc2)cc1C. The van der Waals surface area contributed by atoms with Crippen molar-refractivity contribution in [2.45, 2.75) is 34.1 Å². The molecule has 2 heterocycles. The van der Waals surface area contributed by atoms with Crippen LogP contribution in [0.15, 0.2) is 30.6 Å². The summed E-state index contributed by atoms with van der Waals surface area (Å²) in [6, 6.07) is 5.70. The van der Waals surface area contributed by atoms with Gasteiger partial charge in [0.15, 0.2) is 0 Å². The van der Waals surface area contributed by atoms with Crippen LogP contribution in [0.4, 0.5) is 5.69 Å². The van der Waals surface area contributed by atoms with E-state index in [4.69, 9.17) is 4.74 Å². The van der Waals surface area contributed by atoms with Crippen molar-refractivity contribution in [1.29, 1.82) is 0 Å². The van der Waals surface area contributed by atoms with E-state index in [1.54, 1.807) is 24.2 Å². The Morgan fingerprint density at radius 1 is 1.15 bits per heavy atom. The van der Waals surface area contributed by atoms with Crippen LogP contribution in [0.25, 0.3) is 5.95 Å². The maximum Gasteiger partial charge on any atom is 0.250 e. The van der Waals surface area contributed by atoms with Crippen LogP contribution in [-0.2, 0) is 11.2 Å². The first-order valence-corrected chi connectivity index (χ1v) is 8.67. The Balaban J connectivity index is 1.68. The molecule has 0 bridgehead atoms. The summed E-state index contributed by atoms with van der Waals surface area (Å²) in [5.74, 6) is 1.16. The second-order valence-electron chi connectivity index (χ2n) is 6.51. The highest BCUT2D eigenvalue weighted by molar-refractivity contribution is 5.92. The number of amides is 1. The minimum atomic E-state index is -0.127. The summed E-state index contributed by atoms with van der Waals surface area (Å²) in [6.45, 7) is 7.90. The first kappa shape index (κ1) is 18.6. The molecule has 1 N–H and O–H groups in total. The Morgan fingerprint density at radius 3 is 2.41 bits per heavy atom. The van der Waals surface area contributed by atoms with Gasteiger partial charge in [0.2, 0.25) is 5.91 Å². The molecular formula is C20H23N5O2. The van der Waals surface area contributed by atoms with E-state index < -0.39 is 0 Å². The highest BCUT2D eigenvalue weighted by Crippen LogP contribution is 2.19. The molecule has 1 amide bonds. The van der Waals surface area contributed by atoms with Gasteiger partial charge in [-0.2, -0.15) is 5.10 Å². The first-order valence-electron chi connectivity index (χ1n) is 8.67. The van der Waals surface area contributed by atoms with Crippen LogP contribution in [0.1, 0.15) is 28.1 Å². The van der Waals surface area contributed by atoms with E-state index in [2.05, 4.69) is 20.4 Å². The number of aromatic nitrogens is 4. The lowest BCUT2D eigenvalue weighted by Crippen LogP contribution is -2.15. The van der Waals surface area contributed by atoms with Crippen LogP contribution in [-0.4, -0.2) is 32.8 Å². The Labute approximate surface area is 158 Å². The minimum absolute atomic E-state index is 0.127. The Morgan fingerprint density at radius 2 is 1.85 bits per heavy atom. The standard InChI is InChI=1S/C20H23N5O2/c1-12-8-16(6-7-18(12)27-5)9-19(26)23-17-10-21-20(22-11-17)25-15(4)13(2)14(3)24-25/h6-8,10-11H,9H2,1-5H3,(H,23,26). The number of aryl methyl sites for hydroxylation is 2. The topological polar surface area (TPSA) is 81.9 Å². The van der Waals surface area contributed by atoms with Gasteiger partial charge in [0.1, 0.15) is 5.75 Å². The highest BCUT2D eigenvalue weighted by atomic mass is 16.5. The van der Waals surface area contributed by atoms with Gasteiger partial charge < -0.3 is 10.1 Å². The van der Waals surface area contributed by atoms with Crippen molar-refractivity contribution in [1.82, 2.24) is 19.7 Å². The molecule has 0 saturated carbocycles. The predicted molar refractivity (Wildman–Crippen MR) is 103 cm³/mol. The molecular weight excluding hydrogens is 342 g/mol. The average molecular weight is 365 g/mol. The maximum atomic E-state index is 12.3. The van der Waals surface area contributed by atoms with Crippen molar-refractivity contribution in [2.75, 3.05) is 12.4 Å². The molecule has 140 valence electrons. The lowest BCUT2D eigenvalue weighted by atomic mass is 10.1. The molecule has 27 heavy (non-hydrogen) atoms. The van der Waals surface area contributed by atoms with Gasteiger partial charge in [-0.3, -0.25) is 4.79 Å². The molecule has 0 atom stereocenters. The average Bonchev–Trinajstić information content (AvgIpc) is 2.90. The summed E-state index contributed by atoms with van der Waals surface area (Å²) in [5, 5.41) is 7.27. The molecule has 0 spiro atoms. The number of nitrogens with one attached hydrogen (secondary N) is 1. The number of anilines is 1. The molecule has 3 rings (SSSR count). The zero-order valence-electron chi connectivity index (χ0n) is 16.2. The highest BCUT2D eigenvalue weighted by Gasteiger charge is 2.12. The van der Waals surface area contributed by atoms with E-state index in [0.717, 1.165) is 33.8 Å². The summed E-state index contributed by atoms with van der Waals surface area (Å²) in [6.07, 6.45) is 3.44. The third kappa shape index (κ3) is 3.97. The number of methoxy groups -OCH3 is 1. The van der Waals surface area contributed by atoms with Crippen molar-refractivity contribution >= 4 is 11.6 Å². The summed E-state index contributed by atoms with van der Waals surface area (Å²) in [7, 11) is 1.63. The molecule has 0 aliphatic rings. The number of ether oxygens (including phenoxy) is 1. The summed E-state index contributed by atoms with van der Waals surface area (Å²) < 4.78 is 6.95. The second kappa shape index (κ2) is 7.57. The lowest BCUT2D eigenvalue weighted by molar-refractivity contribution is -0.115. The maximum absolute atomic E-state index is 12.3. The van der Waals surface area contributed by atoms with Gasteiger partial charge in [0, 0.05) is 5.69 Å². The molecule has 0 fully saturated rings. The van der Waals surface area contributed by atoms with Crippen LogP contribution in [0, 0.1) is 27.7 Å². The molecule has 1 aromatic carbocycles. The monoisotopic (exact) mass is 365 g/mol. The zero-order valence-corrected chi connectivity index (χ0v) is 16.2. The van der Waals surface area contributed by atoms with E-state index in [1.807, 2.05) is 45.9 Å². The largest absolute Gasteiger partial charge is 0.496 e. The summed E-state index contributed by atoms with van der Waals surface area (Å²) in [4.78, 5) is 20.9. The van der Waals surface area contributed by atoms with Crippen molar-refractivity contribution < 1.29 is 9.53 Å². The molecule has 7 heteroatoms. The molecule has 0 unspecified atom stereocenters. The van der Waals surface area contributed by atoms with Crippen LogP contribution < -0.4 is 10.1 Å². The van der Waals surface area contributed by atoms with Crippen LogP contribution in [0.5, 0.6) is 5.75 Å². The number of hydrogen-bond donors (Lipinski definition) is 1. The third-order valence-corrected chi connectivity index (χ3v) is 4.59. The van der Waals surface area contributed by atoms with Gasteiger partial charge in [-0.05, 0) is 50.5 Å². The molecule has 7 nitrogen and oxygen atoms in total. The van der Waals surface area contributed by atoms with Crippen LogP contribution in [0.3, 0.4) is 0 Å². The van der Waals surface area contributed by atoms with Crippen LogP contribution >= 0.6 is 0 Å². The smallest absolute Gasteiger partial charge is 0.250 e. The minimum Gasteiger partial charge on any atom is -0.496 e. The molecule has 2 aromatic heterocycles. The fraction of sp³-hybridized carbons (Fsp3) is 0.300. The van der Waals surface area contributed by atoms with Gasteiger partial charge in [-0.1, -0.05) is 12.1 Å². The molecule has 3 aromatic rings. The van der Waals surface area contributed by atoms with Gasteiger partial charge in [0.05, 0.1) is 37.3 Å². The third-order valence-electron chi connectivity index (χ3n) is 4.59. The van der Waals surface area contributed by atoms with E-state index in [9.17, 15) is 4.79 Å². The normalized spacial score (nSPS) is 10.7. The van der Waals surface area contributed by atoms with Gasteiger partial charge >= 0.3 is 0 Å². The number of hydrogen-bond acceptors (Lipinski definition) is 5. The first-order chi connectivity index (χ1) is 12.9. The number of nitrogens with zero attached hydrogens (tertiary/aromatic N) is 4. The van der Waals surface area contributed by atoms with E-state index >= 15 is 0 Å². The van der Waals surface area contributed by atoms with Gasteiger partial charge in [-0.25, -0.2) is 14.6 Å². The lowest BCUT2D eigenvalue weighted by Gasteiger charge is -2.08. The molecule has 0 radical (unpaired) electrons. The number of rotatable bonds is 5. The Kier molecular flexibility index (Phi) is 5.21. The van der Waals surface area contributed by atoms with Crippen molar-refractivity contribution in [3.05, 3.63) is 58.7 Å². The predicted octanol–water partition coefficient (Wildman–Crippen LogP) is 3.09. The molecule has 0 saturated heterocycles. The van der Waals surface area contributed by atoms with Gasteiger partial charge in [0.25, 0.3) is 5.95 Å². The quantitative estimate of drug-likeness (QED) is 0.751. The number of benzene rings is 1. The number of carbonyl (C=O) groups excluding carboxylic acids is 1. The molecule has 0 aliphatic heterocycles.